The molecule has 0 saturated heterocycles. The molecule has 0 aliphatic heterocycles. The van der Waals surface area contributed by atoms with Gasteiger partial charge in [0.05, 0.1) is 7.11 Å². The van der Waals surface area contributed by atoms with Gasteiger partial charge in [-0.05, 0) is 44.0 Å². The molecule has 0 aromatic heterocycles. The first-order valence-electron chi connectivity index (χ1n) is 6.12. The van der Waals surface area contributed by atoms with Gasteiger partial charge in [-0.1, -0.05) is 25.5 Å². The van der Waals surface area contributed by atoms with E-state index in [2.05, 4.69) is 31.3 Å². The summed E-state index contributed by atoms with van der Waals surface area (Å²) in [5.41, 5.74) is 1.33. The number of rotatable bonds is 7. The molecule has 0 aliphatic carbocycles. The quantitative estimate of drug-likeness (QED) is 0.715. The van der Waals surface area contributed by atoms with Crippen molar-refractivity contribution in [1.82, 2.24) is 5.32 Å². The average Bonchev–Trinajstić information content (AvgIpc) is 2.29. The summed E-state index contributed by atoms with van der Waals surface area (Å²) in [5.74, 6) is 0.943. The van der Waals surface area contributed by atoms with Gasteiger partial charge in [0.2, 0.25) is 0 Å². The summed E-state index contributed by atoms with van der Waals surface area (Å²) in [5, 5.41) is 3.53. The van der Waals surface area contributed by atoms with Gasteiger partial charge in [0.1, 0.15) is 5.75 Å². The SMILES string of the molecule is CCCCNC(C)Cc1cccc(OC)c1. The minimum absolute atomic E-state index is 0.527. The Balaban J connectivity index is 2.39. The summed E-state index contributed by atoms with van der Waals surface area (Å²) in [6, 6.07) is 8.82. The van der Waals surface area contributed by atoms with Gasteiger partial charge in [0.15, 0.2) is 0 Å². The fraction of sp³-hybridized carbons (Fsp3) is 0.571. The van der Waals surface area contributed by atoms with Gasteiger partial charge in [-0.3, -0.25) is 0 Å². The van der Waals surface area contributed by atoms with Crippen LogP contribution in [0.3, 0.4) is 0 Å². The van der Waals surface area contributed by atoms with Crippen molar-refractivity contribution in [2.24, 2.45) is 0 Å². The molecule has 1 unspecified atom stereocenters. The topological polar surface area (TPSA) is 21.3 Å². The van der Waals surface area contributed by atoms with Crippen LogP contribution in [0.5, 0.6) is 5.75 Å². The molecule has 16 heavy (non-hydrogen) atoms. The van der Waals surface area contributed by atoms with E-state index in [0.29, 0.717) is 6.04 Å². The van der Waals surface area contributed by atoms with E-state index in [1.54, 1.807) is 7.11 Å². The van der Waals surface area contributed by atoms with Crippen LogP contribution >= 0.6 is 0 Å². The summed E-state index contributed by atoms with van der Waals surface area (Å²) in [7, 11) is 1.71. The van der Waals surface area contributed by atoms with Gasteiger partial charge in [-0.15, -0.1) is 0 Å². The van der Waals surface area contributed by atoms with Crippen LogP contribution in [0.25, 0.3) is 0 Å². The minimum atomic E-state index is 0.527. The zero-order valence-corrected chi connectivity index (χ0v) is 10.6. The molecule has 2 nitrogen and oxygen atoms in total. The lowest BCUT2D eigenvalue weighted by atomic mass is 10.1. The van der Waals surface area contributed by atoms with Crippen molar-refractivity contribution in [2.45, 2.75) is 39.2 Å². The van der Waals surface area contributed by atoms with E-state index in [9.17, 15) is 0 Å². The Morgan fingerprint density at radius 2 is 2.19 bits per heavy atom. The predicted octanol–water partition coefficient (Wildman–Crippen LogP) is 3.02. The molecule has 0 heterocycles. The first-order chi connectivity index (χ1) is 7.76. The fourth-order valence-electron chi connectivity index (χ4n) is 1.75. The third-order valence-corrected chi connectivity index (χ3v) is 2.70. The van der Waals surface area contributed by atoms with Gasteiger partial charge in [0.25, 0.3) is 0 Å². The number of ether oxygens (including phenoxy) is 1. The van der Waals surface area contributed by atoms with Crippen LogP contribution in [0.2, 0.25) is 0 Å². The van der Waals surface area contributed by atoms with Gasteiger partial charge < -0.3 is 10.1 Å². The summed E-state index contributed by atoms with van der Waals surface area (Å²) < 4.78 is 5.21. The van der Waals surface area contributed by atoms with E-state index in [1.807, 2.05) is 12.1 Å². The summed E-state index contributed by atoms with van der Waals surface area (Å²) >= 11 is 0. The number of unbranched alkanes of at least 4 members (excludes halogenated alkanes) is 1. The first-order valence-corrected chi connectivity index (χ1v) is 6.12. The van der Waals surface area contributed by atoms with Crippen molar-refractivity contribution in [1.29, 1.82) is 0 Å². The van der Waals surface area contributed by atoms with Gasteiger partial charge in [-0.2, -0.15) is 0 Å². The number of hydrogen-bond donors (Lipinski definition) is 1. The summed E-state index contributed by atoms with van der Waals surface area (Å²) in [6.07, 6.45) is 3.56. The Morgan fingerprint density at radius 3 is 2.88 bits per heavy atom. The van der Waals surface area contributed by atoms with E-state index in [-0.39, 0.29) is 0 Å². The van der Waals surface area contributed by atoms with Crippen molar-refractivity contribution in [3.05, 3.63) is 29.8 Å². The molecule has 0 radical (unpaired) electrons. The summed E-state index contributed by atoms with van der Waals surface area (Å²) in [4.78, 5) is 0. The second-order valence-corrected chi connectivity index (χ2v) is 4.26. The lowest BCUT2D eigenvalue weighted by Crippen LogP contribution is -2.28. The highest BCUT2D eigenvalue weighted by atomic mass is 16.5. The maximum Gasteiger partial charge on any atom is 0.119 e. The minimum Gasteiger partial charge on any atom is -0.497 e. The maximum absolute atomic E-state index is 5.21. The molecule has 1 atom stereocenters. The molecule has 1 aromatic rings. The van der Waals surface area contributed by atoms with Gasteiger partial charge in [-0.25, -0.2) is 0 Å². The van der Waals surface area contributed by atoms with Crippen molar-refractivity contribution < 1.29 is 4.74 Å². The van der Waals surface area contributed by atoms with Crippen LogP contribution in [-0.2, 0) is 6.42 Å². The van der Waals surface area contributed by atoms with Crippen LogP contribution in [-0.4, -0.2) is 19.7 Å². The molecule has 0 fully saturated rings. The Labute approximate surface area is 99.0 Å². The van der Waals surface area contributed by atoms with Gasteiger partial charge in [0, 0.05) is 6.04 Å². The normalized spacial score (nSPS) is 12.4. The van der Waals surface area contributed by atoms with Crippen LogP contribution in [0.4, 0.5) is 0 Å². The Hall–Kier alpha value is -1.02. The molecule has 0 saturated carbocycles. The van der Waals surface area contributed by atoms with Crippen molar-refractivity contribution >= 4 is 0 Å². The smallest absolute Gasteiger partial charge is 0.119 e. The van der Waals surface area contributed by atoms with Crippen molar-refractivity contribution in [3.63, 3.8) is 0 Å². The van der Waals surface area contributed by atoms with Crippen molar-refractivity contribution in [3.8, 4) is 5.75 Å². The van der Waals surface area contributed by atoms with E-state index in [1.165, 1.54) is 18.4 Å². The average molecular weight is 221 g/mol. The van der Waals surface area contributed by atoms with Crippen LogP contribution in [0.15, 0.2) is 24.3 Å². The highest BCUT2D eigenvalue weighted by molar-refractivity contribution is 5.28. The molecule has 1 aromatic carbocycles. The van der Waals surface area contributed by atoms with Crippen LogP contribution in [0.1, 0.15) is 32.3 Å². The standard InChI is InChI=1S/C14H23NO/c1-4-5-9-15-12(2)10-13-7-6-8-14(11-13)16-3/h6-8,11-12,15H,4-5,9-10H2,1-3H3. The van der Waals surface area contributed by atoms with E-state index in [4.69, 9.17) is 4.74 Å². The molecular weight excluding hydrogens is 198 g/mol. The molecule has 2 heteroatoms. The lowest BCUT2D eigenvalue weighted by Gasteiger charge is -2.14. The van der Waals surface area contributed by atoms with E-state index in [0.717, 1.165) is 18.7 Å². The van der Waals surface area contributed by atoms with Crippen LogP contribution < -0.4 is 10.1 Å². The zero-order valence-electron chi connectivity index (χ0n) is 10.6. The number of hydrogen-bond acceptors (Lipinski definition) is 2. The molecule has 90 valence electrons. The third kappa shape index (κ3) is 4.67. The molecule has 0 bridgehead atoms. The van der Waals surface area contributed by atoms with Crippen LogP contribution in [0, 0.1) is 0 Å². The molecule has 1 N–H and O–H groups in total. The van der Waals surface area contributed by atoms with Crippen molar-refractivity contribution in [2.75, 3.05) is 13.7 Å². The zero-order chi connectivity index (χ0) is 11.8. The molecule has 1 rings (SSSR count). The Morgan fingerprint density at radius 1 is 1.38 bits per heavy atom. The van der Waals surface area contributed by atoms with E-state index < -0.39 is 0 Å². The highest BCUT2D eigenvalue weighted by Crippen LogP contribution is 2.13. The lowest BCUT2D eigenvalue weighted by molar-refractivity contribution is 0.414. The molecular formula is C14H23NO. The largest absolute Gasteiger partial charge is 0.497 e. The highest BCUT2D eigenvalue weighted by Gasteiger charge is 2.03. The fourth-order valence-corrected chi connectivity index (χ4v) is 1.75. The Kier molecular flexibility index (Phi) is 5.94. The molecule has 0 aliphatic rings. The van der Waals surface area contributed by atoms with E-state index >= 15 is 0 Å². The number of benzene rings is 1. The number of methoxy groups -OCH3 is 1. The molecule has 0 spiro atoms. The second kappa shape index (κ2) is 7.29. The third-order valence-electron chi connectivity index (χ3n) is 2.70. The second-order valence-electron chi connectivity index (χ2n) is 4.26. The monoisotopic (exact) mass is 221 g/mol. The molecule has 0 amide bonds. The summed E-state index contributed by atoms with van der Waals surface area (Å²) in [6.45, 7) is 5.56. The maximum atomic E-state index is 5.21. The first kappa shape index (κ1) is 13.0. The number of nitrogens with one attached hydrogen (secondary N) is 1. The van der Waals surface area contributed by atoms with Gasteiger partial charge >= 0.3 is 0 Å². The predicted molar refractivity (Wildman–Crippen MR) is 69.1 cm³/mol. The Bertz CT molecular complexity index is 299.